The molecule has 130 valence electrons. The summed E-state index contributed by atoms with van der Waals surface area (Å²) in [6.07, 6.45) is 8.25. The van der Waals surface area contributed by atoms with Gasteiger partial charge in [-0.1, -0.05) is 0 Å². The number of halogens is 2. The van der Waals surface area contributed by atoms with Crippen LogP contribution in [-0.4, -0.2) is 61.0 Å². The van der Waals surface area contributed by atoms with Crippen LogP contribution >= 0.6 is 24.8 Å². The zero-order valence-electron chi connectivity index (χ0n) is 13.8. The molecule has 6 heteroatoms. The van der Waals surface area contributed by atoms with Gasteiger partial charge < -0.3 is 15.1 Å². The molecule has 3 saturated heterocycles. The van der Waals surface area contributed by atoms with E-state index in [1.165, 1.54) is 32.1 Å². The van der Waals surface area contributed by atoms with Crippen LogP contribution in [0.5, 0.6) is 0 Å². The van der Waals surface area contributed by atoms with Gasteiger partial charge in [-0.15, -0.1) is 24.8 Å². The highest BCUT2D eigenvalue weighted by molar-refractivity contribution is 5.85. The molecule has 0 aliphatic carbocycles. The minimum atomic E-state index is 0. The number of likely N-dealkylation sites (N-methyl/N-ethyl adjacent to an activating group) is 1. The average molecular weight is 352 g/mol. The maximum Gasteiger partial charge on any atom is 0.222 e. The summed E-state index contributed by atoms with van der Waals surface area (Å²) in [5, 5.41) is 3.66. The van der Waals surface area contributed by atoms with Crippen molar-refractivity contribution in [2.45, 2.75) is 63.1 Å². The smallest absolute Gasteiger partial charge is 0.222 e. The van der Waals surface area contributed by atoms with Crippen molar-refractivity contribution in [2.75, 3.05) is 27.2 Å². The van der Waals surface area contributed by atoms with Gasteiger partial charge in [0.25, 0.3) is 0 Å². The first-order valence-corrected chi connectivity index (χ1v) is 8.32. The van der Waals surface area contributed by atoms with E-state index in [2.05, 4.69) is 29.2 Å². The fourth-order valence-corrected chi connectivity index (χ4v) is 4.32. The van der Waals surface area contributed by atoms with Crippen LogP contribution in [-0.2, 0) is 4.79 Å². The van der Waals surface area contributed by atoms with Crippen LogP contribution in [0.1, 0.15) is 44.9 Å². The molecular formula is C16H31Cl2N3O. The molecule has 1 amide bonds. The largest absolute Gasteiger partial charge is 0.341 e. The number of piperidine rings is 2. The Labute approximate surface area is 147 Å². The zero-order chi connectivity index (χ0) is 14.1. The first kappa shape index (κ1) is 20.0. The summed E-state index contributed by atoms with van der Waals surface area (Å²) in [7, 11) is 4.26. The monoisotopic (exact) mass is 351 g/mol. The molecule has 0 aromatic carbocycles. The van der Waals surface area contributed by atoms with Crippen molar-refractivity contribution in [3.8, 4) is 0 Å². The number of likely N-dealkylation sites (tertiary alicyclic amines) is 1. The lowest BCUT2D eigenvalue weighted by Crippen LogP contribution is -2.48. The summed E-state index contributed by atoms with van der Waals surface area (Å²) < 4.78 is 0. The first-order valence-electron chi connectivity index (χ1n) is 8.32. The quantitative estimate of drug-likeness (QED) is 0.847. The van der Waals surface area contributed by atoms with Crippen LogP contribution in [0.15, 0.2) is 0 Å². The molecule has 0 radical (unpaired) electrons. The number of rotatable bonds is 3. The molecule has 0 saturated carbocycles. The lowest BCUT2D eigenvalue weighted by atomic mass is 9.89. The Balaban J connectivity index is 0.00000121. The third-order valence-electron chi connectivity index (χ3n) is 5.51. The van der Waals surface area contributed by atoms with Gasteiger partial charge in [-0.25, -0.2) is 0 Å². The molecule has 2 bridgehead atoms. The van der Waals surface area contributed by atoms with Gasteiger partial charge in [-0.05, 0) is 58.5 Å². The van der Waals surface area contributed by atoms with Gasteiger partial charge in [0.15, 0.2) is 0 Å². The van der Waals surface area contributed by atoms with Gasteiger partial charge in [0.1, 0.15) is 0 Å². The Morgan fingerprint density at radius 1 is 1.14 bits per heavy atom. The molecule has 22 heavy (non-hydrogen) atoms. The van der Waals surface area contributed by atoms with E-state index in [-0.39, 0.29) is 24.8 Å². The molecule has 0 aromatic heterocycles. The Morgan fingerprint density at radius 2 is 1.77 bits per heavy atom. The van der Waals surface area contributed by atoms with Gasteiger partial charge in [-0.3, -0.25) is 4.79 Å². The number of hydrogen-bond donors (Lipinski definition) is 1. The van der Waals surface area contributed by atoms with Crippen LogP contribution in [0.25, 0.3) is 0 Å². The highest BCUT2D eigenvalue weighted by atomic mass is 35.5. The van der Waals surface area contributed by atoms with Crippen LogP contribution in [0.4, 0.5) is 0 Å². The number of fused-ring (bicyclic) bond motifs is 2. The Hall–Kier alpha value is -0.0300. The molecule has 3 atom stereocenters. The number of nitrogens with zero attached hydrogens (tertiary/aromatic N) is 2. The minimum absolute atomic E-state index is 0. The van der Waals surface area contributed by atoms with Gasteiger partial charge in [0.05, 0.1) is 0 Å². The Morgan fingerprint density at radius 3 is 2.36 bits per heavy atom. The predicted octanol–water partition coefficient (Wildman–Crippen LogP) is 2.30. The maximum absolute atomic E-state index is 12.6. The van der Waals surface area contributed by atoms with Crippen molar-refractivity contribution in [1.82, 2.24) is 15.1 Å². The summed E-state index contributed by atoms with van der Waals surface area (Å²) in [6.45, 7) is 1.91. The second kappa shape index (κ2) is 8.72. The predicted molar refractivity (Wildman–Crippen MR) is 95.1 cm³/mol. The molecule has 0 aromatic rings. The topological polar surface area (TPSA) is 35.6 Å². The molecule has 3 aliphatic heterocycles. The summed E-state index contributed by atoms with van der Waals surface area (Å²) in [5.41, 5.74) is 0. The number of nitrogens with one attached hydrogen (secondary N) is 1. The molecule has 3 rings (SSSR count). The first-order chi connectivity index (χ1) is 9.61. The molecule has 4 nitrogen and oxygen atoms in total. The van der Waals surface area contributed by atoms with E-state index in [4.69, 9.17) is 0 Å². The number of carbonyl (C=O) groups excluding carboxylic acids is 1. The lowest BCUT2D eigenvalue weighted by molar-refractivity contribution is -0.134. The number of amides is 1. The minimum Gasteiger partial charge on any atom is -0.341 e. The summed E-state index contributed by atoms with van der Waals surface area (Å²) in [6, 6.07) is 1.95. The highest BCUT2D eigenvalue weighted by Gasteiger charge is 2.35. The van der Waals surface area contributed by atoms with E-state index in [0.29, 0.717) is 30.0 Å². The molecule has 0 spiro atoms. The van der Waals surface area contributed by atoms with Crippen LogP contribution < -0.4 is 5.32 Å². The molecule has 1 N–H and O–H groups in total. The van der Waals surface area contributed by atoms with E-state index >= 15 is 0 Å². The third-order valence-corrected chi connectivity index (χ3v) is 5.51. The zero-order valence-corrected chi connectivity index (χ0v) is 15.4. The number of hydrogen-bond acceptors (Lipinski definition) is 3. The van der Waals surface area contributed by atoms with Gasteiger partial charge in [0, 0.05) is 37.6 Å². The lowest BCUT2D eigenvalue weighted by Gasteiger charge is -2.37. The maximum atomic E-state index is 12.6. The normalized spacial score (nSPS) is 34.0. The van der Waals surface area contributed by atoms with E-state index in [9.17, 15) is 4.79 Å². The van der Waals surface area contributed by atoms with Crippen molar-refractivity contribution in [3.63, 3.8) is 0 Å². The van der Waals surface area contributed by atoms with Crippen molar-refractivity contribution in [2.24, 2.45) is 5.92 Å². The highest BCUT2D eigenvalue weighted by Crippen LogP contribution is 2.33. The van der Waals surface area contributed by atoms with E-state index in [1.807, 2.05) is 0 Å². The van der Waals surface area contributed by atoms with Gasteiger partial charge in [-0.2, -0.15) is 0 Å². The molecule has 3 fully saturated rings. The number of carbonyl (C=O) groups is 1. The Bertz CT molecular complexity index is 355. The molecular weight excluding hydrogens is 321 g/mol. The van der Waals surface area contributed by atoms with Crippen molar-refractivity contribution >= 4 is 30.7 Å². The van der Waals surface area contributed by atoms with Crippen LogP contribution in [0, 0.1) is 5.92 Å². The second-order valence-corrected chi connectivity index (χ2v) is 7.28. The summed E-state index contributed by atoms with van der Waals surface area (Å²) >= 11 is 0. The van der Waals surface area contributed by atoms with Gasteiger partial charge >= 0.3 is 0 Å². The van der Waals surface area contributed by atoms with E-state index in [0.717, 1.165) is 25.9 Å². The molecule has 3 heterocycles. The SMILES string of the molecule is CN(C)C1CCCN(C(=O)CC2CC3CCC(C2)N3)C1.Cl.Cl. The van der Waals surface area contributed by atoms with Gasteiger partial charge in [0.2, 0.25) is 5.91 Å². The summed E-state index contributed by atoms with van der Waals surface area (Å²) in [4.78, 5) is 16.9. The standard InChI is InChI=1S/C16H29N3O.2ClH/c1-18(2)15-4-3-7-19(11-15)16(20)10-12-8-13-5-6-14(9-12)17-13;;/h12-15,17H,3-11H2,1-2H3;2*1H. The molecule has 3 unspecified atom stereocenters. The average Bonchev–Trinajstić information content (AvgIpc) is 2.78. The van der Waals surface area contributed by atoms with Crippen molar-refractivity contribution in [3.05, 3.63) is 0 Å². The second-order valence-electron chi connectivity index (χ2n) is 7.28. The van der Waals surface area contributed by atoms with Crippen LogP contribution in [0.2, 0.25) is 0 Å². The fourth-order valence-electron chi connectivity index (χ4n) is 4.32. The van der Waals surface area contributed by atoms with Crippen LogP contribution in [0.3, 0.4) is 0 Å². The van der Waals surface area contributed by atoms with Crippen molar-refractivity contribution < 1.29 is 4.79 Å². The Kier molecular flexibility index (Phi) is 7.93. The van der Waals surface area contributed by atoms with Crippen molar-refractivity contribution in [1.29, 1.82) is 0 Å². The third kappa shape index (κ3) is 4.73. The van der Waals surface area contributed by atoms with E-state index in [1.54, 1.807) is 0 Å². The molecule has 3 aliphatic rings. The van der Waals surface area contributed by atoms with E-state index < -0.39 is 0 Å². The summed E-state index contributed by atoms with van der Waals surface area (Å²) in [5.74, 6) is 1.03. The fraction of sp³-hybridized carbons (Fsp3) is 0.938.